The quantitative estimate of drug-likeness (QED) is 0.589. The maximum atomic E-state index is 12.1. The summed E-state index contributed by atoms with van der Waals surface area (Å²) in [5.41, 5.74) is 6.38. The number of nitrogens with one attached hydrogen (secondary N) is 1. The van der Waals surface area contributed by atoms with Crippen LogP contribution in [0.4, 0.5) is 0 Å². The van der Waals surface area contributed by atoms with Crippen molar-refractivity contribution in [3.63, 3.8) is 0 Å². The van der Waals surface area contributed by atoms with Crippen LogP contribution in [-0.4, -0.2) is 46.5 Å². The molecule has 0 aliphatic rings. The van der Waals surface area contributed by atoms with Gasteiger partial charge in [-0.1, -0.05) is 0 Å². The molecule has 3 N–H and O–H groups in total. The first-order valence-electron chi connectivity index (χ1n) is 6.50. The lowest BCUT2D eigenvalue weighted by molar-refractivity contribution is 0.0736. The van der Waals surface area contributed by atoms with E-state index in [9.17, 15) is 8.42 Å². The van der Waals surface area contributed by atoms with Crippen molar-refractivity contribution < 1.29 is 17.9 Å². The fourth-order valence-electron chi connectivity index (χ4n) is 1.71. The van der Waals surface area contributed by atoms with Gasteiger partial charge in [0.2, 0.25) is 10.0 Å². The molecule has 1 heterocycles. The summed E-state index contributed by atoms with van der Waals surface area (Å²) in [7, 11) is -1.93. The van der Waals surface area contributed by atoms with Crippen molar-refractivity contribution >= 4 is 10.0 Å². The predicted octanol–water partition coefficient (Wildman–Crippen LogP) is -0.0920. The molecular weight excluding hydrogens is 282 g/mol. The minimum absolute atomic E-state index is 0.224. The third kappa shape index (κ3) is 4.88. The number of nitrogens with zero attached hydrogens (tertiary/aromatic N) is 1. The standard InChI is InChI=1S/C12H23N3O4S/c1-3-15-10-12(8-11(15)9-13)20(16,17)14-4-5-19-7-6-18-2/h8,10,14H,3-7,9,13H2,1-2H3. The third-order valence-electron chi connectivity index (χ3n) is 2.79. The predicted molar refractivity (Wildman–Crippen MR) is 75.9 cm³/mol. The monoisotopic (exact) mass is 305 g/mol. The summed E-state index contributed by atoms with van der Waals surface area (Å²) in [4.78, 5) is 0.233. The smallest absolute Gasteiger partial charge is 0.242 e. The fourth-order valence-corrected chi connectivity index (χ4v) is 2.79. The van der Waals surface area contributed by atoms with Crippen LogP contribution < -0.4 is 10.5 Å². The molecule has 0 saturated heterocycles. The molecule has 20 heavy (non-hydrogen) atoms. The number of sulfonamides is 1. The van der Waals surface area contributed by atoms with E-state index in [1.54, 1.807) is 19.4 Å². The minimum Gasteiger partial charge on any atom is -0.382 e. The average Bonchev–Trinajstić information content (AvgIpc) is 2.86. The van der Waals surface area contributed by atoms with Crippen LogP contribution >= 0.6 is 0 Å². The molecule has 0 aliphatic carbocycles. The van der Waals surface area contributed by atoms with Crippen LogP contribution in [0.15, 0.2) is 17.2 Å². The highest BCUT2D eigenvalue weighted by molar-refractivity contribution is 7.89. The van der Waals surface area contributed by atoms with Crippen LogP contribution in [-0.2, 0) is 32.6 Å². The second-order valence-corrected chi connectivity index (χ2v) is 5.93. The number of aromatic nitrogens is 1. The van der Waals surface area contributed by atoms with E-state index < -0.39 is 10.0 Å². The second kappa shape index (κ2) is 8.38. The van der Waals surface area contributed by atoms with Gasteiger partial charge in [0.25, 0.3) is 0 Å². The van der Waals surface area contributed by atoms with Gasteiger partial charge in [0.1, 0.15) is 0 Å². The van der Waals surface area contributed by atoms with E-state index in [4.69, 9.17) is 15.2 Å². The Morgan fingerprint density at radius 2 is 2.10 bits per heavy atom. The van der Waals surface area contributed by atoms with Crippen molar-refractivity contribution in [3.8, 4) is 0 Å². The van der Waals surface area contributed by atoms with E-state index in [2.05, 4.69) is 4.72 Å². The van der Waals surface area contributed by atoms with Gasteiger partial charge in [-0.3, -0.25) is 0 Å². The van der Waals surface area contributed by atoms with Crippen molar-refractivity contribution in [2.75, 3.05) is 33.5 Å². The van der Waals surface area contributed by atoms with Gasteiger partial charge in [-0.15, -0.1) is 0 Å². The fraction of sp³-hybridized carbons (Fsp3) is 0.667. The molecule has 0 unspecified atom stereocenters. The molecule has 0 spiro atoms. The van der Waals surface area contributed by atoms with E-state index in [1.165, 1.54) is 0 Å². The zero-order valence-electron chi connectivity index (χ0n) is 12.0. The number of rotatable bonds is 10. The first kappa shape index (κ1) is 17.1. The Balaban J connectivity index is 2.54. The third-order valence-corrected chi connectivity index (χ3v) is 4.22. The maximum absolute atomic E-state index is 12.1. The minimum atomic E-state index is -3.51. The molecule has 7 nitrogen and oxygen atoms in total. The molecule has 0 saturated carbocycles. The zero-order chi connectivity index (χ0) is 15.0. The van der Waals surface area contributed by atoms with Gasteiger partial charge in [-0.25, -0.2) is 13.1 Å². The molecule has 8 heteroatoms. The van der Waals surface area contributed by atoms with Gasteiger partial charge < -0.3 is 19.8 Å². The normalized spacial score (nSPS) is 11.9. The summed E-state index contributed by atoms with van der Waals surface area (Å²) in [6, 6.07) is 1.59. The van der Waals surface area contributed by atoms with Crippen LogP contribution in [0, 0.1) is 0 Å². The molecule has 0 aromatic carbocycles. The van der Waals surface area contributed by atoms with Crippen molar-refractivity contribution in [2.24, 2.45) is 5.73 Å². The lowest BCUT2D eigenvalue weighted by atomic mass is 10.4. The number of methoxy groups -OCH3 is 1. The first-order valence-corrected chi connectivity index (χ1v) is 7.99. The summed E-state index contributed by atoms with van der Waals surface area (Å²) < 4.78 is 38.5. The van der Waals surface area contributed by atoms with Crippen LogP contribution in [0.1, 0.15) is 12.6 Å². The van der Waals surface area contributed by atoms with Gasteiger partial charge in [0.15, 0.2) is 0 Å². The number of ether oxygens (including phenoxy) is 2. The van der Waals surface area contributed by atoms with Crippen LogP contribution in [0.3, 0.4) is 0 Å². The van der Waals surface area contributed by atoms with Gasteiger partial charge in [0, 0.05) is 38.6 Å². The van der Waals surface area contributed by atoms with E-state index in [0.717, 1.165) is 5.69 Å². The highest BCUT2D eigenvalue weighted by atomic mass is 32.2. The van der Waals surface area contributed by atoms with E-state index >= 15 is 0 Å². The maximum Gasteiger partial charge on any atom is 0.242 e. The molecule has 1 aromatic rings. The molecule has 116 valence electrons. The topological polar surface area (TPSA) is 95.6 Å². The van der Waals surface area contributed by atoms with Crippen molar-refractivity contribution in [1.82, 2.24) is 9.29 Å². The SMILES string of the molecule is CCn1cc(S(=O)(=O)NCCOCCOC)cc1CN. The van der Waals surface area contributed by atoms with Crippen LogP contribution in [0.5, 0.6) is 0 Å². The average molecular weight is 305 g/mol. The van der Waals surface area contributed by atoms with Crippen LogP contribution in [0.2, 0.25) is 0 Å². The van der Waals surface area contributed by atoms with Gasteiger partial charge >= 0.3 is 0 Å². The van der Waals surface area contributed by atoms with Gasteiger partial charge in [-0.05, 0) is 13.0 Å². The summed E-state index contributed by atoms with van der Waals surface area (Å²) in [6.07, 6.45) is 1.59. The highest BCUT2D eigenvalue weighted by Gasteiger charge is 2.17. The van der Waals surface area contributed by atoms with E-state index in [0.29, 0.717) is 32.9 Å². The Bertz CT molecular complexity index is 477. The number of nitrogens with two attached hydrogens (primary N) is 1. The zero-order valence-corrected chi connectivity index (χ0v) is 12.8. The number of hydrogen-bond donors (Lipinski definition) is 2. The van der Waals surface area contributed by atoms with Crippen molar-refractivity contribution in [1.29, 1.82) is 0 Å². The molecular formula is C12H23N3O4S. The van der Waals surface area contributed by atoms with Crippen molar-refractivity contribution in [3.05, 3.63) is 18.0 Å². The Hall–Kier alpha value is -0.930. The molecule has 0 atom stereocenters. The summed E-state index contributed by atoms with van der Waals surface area (Å²) in [5.74, 6) is 0. The lowest BCUT2D eigenvalue weighted by Crippen LogP contribution is -2.27. The Morgan fingerprint density at radius 1 is 1.35 bits per heavy atom. The lowest BCUT2D eigenvalue weighted by Gasteiger charge is -2.06. The van der Waals surface area contributed by atoms with Gasteiger partial charge in [-0.2, -0.15) is 0 Å². The largest absolute Gasteiger partial charge is 0.382 e. The number of hydrogen-bond acceptors (Lipinski definition) is 5. The number of aryl methyl sites for hydroxylation is 1. The first-order chi connectivity index (χ1) is 9.55. The second-order valence-electron chi connectivity index (χ2n) is 4.16. The Kier molecular flexibility index (Phi) is 7.17. The molecule has 0 amide bonds. The molecule has 0 aliphatic heterocycles. The molecule has 1 aromatic heterocycles. The summed E-state index contributed by atoms with van der Waals surface area (Å²) in [5, 5.41) is 0. The van der Waals surface area contributed by atoms with Gasteiger partial charge in [0.05, 0.1) is 24.7 Å². The summed E-state index contributed by atoms with van der Waals surface area (Å²) in [6.45, 7) is 4.40. The van der Waals surface area contributed by atoms with Crippen LogP contribution in [0.25, 0.3) is 0 Å². The highest BCUT2D eigenvalue weighted by Crippen LogP contribution is 2.13. The molecule has 1 rings (SSSR count). The van der Waals surface area contributed by atoms with E-state index in [-0.39, 0.29) is 11.4 Å². The molecule has 0 radical (unpaired) electrons. The van der Waals surface area contributed by atoms with Crippen molar-refractivity contribution in [2.45, 2.75) is 24.9 Å². The molecule has 0 bridgehead atoms. The molecule has 0 fully saturated rings. The van der Waals surface area contributed by atoms with E-state index in [1.807, 2.05) is 11.5 Å². The summed E-state index contributed by atoms with van der Waals surface area (Å²) >= 11 is 0. The Labute approximate surface area is 120 Å². The Morgan fingerprint density at radius 3 is 2.65 bits per heavy atom.